The zero-order chi connectivity index (χ0) is 10.2. The second-order valence-electron chi connectivity index (χ2n) is 5.44. The van der Waals surface area contributed by atoms with Gasteiger partial charge in [-0.05, 0) is 54.4 Å². The fraction of sp³-hybridized carbons (Fsp3) is 1.00. The van der Waals surface area contributed by atoms with Crippen LogP contribution < -0.4 is 0 Å². The summed E-state index contributed by atoms with van der Waals surface area (Å²) in [6.07, 6.45) is 5.28. The summed E-state index contributed by atoms with van der Waals surface area (Å²) >= 11 is 0. The van der Waals surface area contributed by atoms with E-state index >= 15 is 0 Å². The molecule has 0 aromatic heterocycles. The Bertz CT molecular complexity index is 264. The smallest absolute Gasteiger partial charge is 0.0260 e. The molecule has 3 saturated carbocycles. The van der Waals surface area contributed by atoms with E-state index in [0.717, 1.165) is 24.2 Å². The number of hydrogen-bond donors (Lipinski definition) is 0. The molecule has 3 nitrogen and oxygen atoms in total. The van der Waals surface area contributed by atoms with Crippen LogP contribution in [0.5, 0.6) is 0 Å². The lowest BCUT2D eigenvalue weighted by Gasteiger charge is -2.60. The monoisotopic (exact) mass is 193 g/mol. The fourth-order valence-electron chi connectivity index (χ4n) is 3.58. The summed E-state index contributed by atoms with van der Waals surface area (Å²) in [4.78, 5) is 2.82. The molecule has 2 unspecified atom stereocenters. The lowest BCUT2D eigenvalue weighted by atomic mass is 9.45. The van der Waals surface area contributed by atoms with Crippen LogP contribution in [0, 0.1) is 23.2 Å². The third kappa shape index (κ3) is 1.40. The topological polar surface area (TPSA) is 48.8 Å². The van der Waals surface area contributed by atoms with Crippen LogP contribution in [0.25, 0.3) is 10.4 Å². The van der Waals surface area contributed by atoms with Crippen LogP contribution >= 0.6 is 0 Å². The number of hydrogen-bond acceptors (Lipinski definition) is 1. The van der Waals surface area contributed by atoms with Crippen molar-refractivity contribution in [3.05, 3.63) is 10.4 Å². The zero-order valence-electron chi connectivity index (χ0n) is 9.11. The highest BCUT2D eigenvalue weighted by Crippen LogP contribution is 2.61. The standard InChI is InChI=1S/C11H19N3/c1-11(2)9-4-3-8(10(11)7-9)5-6-13-14-12/h8-10H,3-7H2,1-2H3/t8-,9?,10?/m0/s1. The first-order chi connectivity index (χ1) is 6.66. The van der Waals surface area contributed by atoms with Crippen LogP contribution in [0.1, 0.15) is 39.5 Å². The molecule has 0 aliphatic heterocycles. The molecule has 3 atom stereocenters. The summed E-state index contributed by atoms with van der Waals surface area (Å²) in [6, 6.07) is 0. The predicted molar refractivity (Wildman–Crippen MR) is 56.7 cm³/mol. The maximum absolute atomic E-state index is 8.23. The third-order valence-corrected chi connectivity index (χ3v) is 4.66. The third-order valence-electron chi connectivity index (χ3n) is 4.66. The minimum absolute atomic E-state index is 0.569. The van der Waals surface area contributed by atoms with Crippen molar-refractivity contribution in [1.82, 2.24) is 0 Å². The zero-order valence-corrected chi connectivity index (χ0v) is 9.11. The molecule has 0 aromatic carbocycles. The molecule has 0 saturated heterocycles. The minimum atomic E-state index is 0.569. The van der Waals surface area contributed by atoms with E-state index in [2.05, 4.69) is 23.9 Å². The Balaban J connectivity index is 1.91. The maximum Gasteiger partial charge on any atom is 0.0260 e. The van der Waals surface area contributed by atoms with Gasteiger partial charge in [0.2, 0.25) is 0 Å². The van der Waals surface area contributed by atoms with Crippen LogP contribution in [0.4, 0.5) is 0 Å². The SMILES string of the molecule is CC1(C)C2CC[C@@H](CCN=[N+]=[N-])C1C2. The molecule has 0 N–H and O–H groups in total. The second kappa shape index (κ2) is 3.47. The Labute approximate surface area is 85.5 Å². The maximum atomic E-state index is 8.23. The molecule has 3 aliphatic rings. The highest BCUT2D eigenvalue weighted by Gasteiger charge is 2.53. The van der Waals surface area contributed by atoms with Gasteiger partial charge in [0.15, 0.2) is 0 Å². The van der Waals surface area contributed by atoms with Gasteiger partial charge < -0.3 is 0 Å². The van der Waals surface area contributed by atoms with Crippen LogP contribution in [0.15, 0.2) is 5.11 Å². The van der Waals surface area contributed by atoms with E-state index in [0.29, 0.717) is 12.0 Å². The van der Waals surface area contributed by atoms with Crippen molar-refractivity contribution in [3.63, 3.8) is 0 Å². The molecule has 3 heteroatoms. The van der Waals surface area contributed by atoms with E-state index in [4.69, 9.17) is 5.53 Å². The van der Waals surface area contributed by atoms with Crippen molar-refractivity contribution in [2.45, 2.75) is 39.5 Å². The van der Waals surface area contributed by atoms with Gasteiger partial charge in [0.25, 0.3) is 0 Å². The van der Waals surface area contributed by atoms with Crippen LogP contribution in [-0.4, -0.2) is 6.54 Å². The summed E-state index contributed by atoms with van der Waals surface area (Å²) < 4.78 is 0. The molecule has 0 radical (unpaired) electrons. The first-order valence-electron chi connectivity index (χ1n) is 5.67. The Morgan fingerprint density at radius 3 is 2.79 bits per heavy atom. The number of nitrogens with zero attached hydrogens (tertiary/aromatic N) is 3. The molecular formula is C11H19N3. The second-order valence-corrected chi connectivity index (χ2v) is 5.44. The molecule has 3 fully saturated rings. The molecular weight excluding hydrogens is 174 g/mol. The lowest BCUT2D eigenvalue weighted by molar-refractivity contribution is -0.106. The molecule has 78 valence electrons. The number of azide groups is 1. The van der Waals surface area contributed by atoms with Gasteiger partial charge in [-0.25, -0.2) is 0 Å². The van der Waals surface area contributed by atoms with Gasteiger partial charge in [0, 0.05) is 11.5 Å². The predicted octanol–water partition coefficient (Wildman–Crippen LogP) is 3.76. The normalized spacial score (nSPS) is 38.3. The van der Waals surface area contributed by atoms with Gasteiger partial charge in [-0.15, -0.1) is 0 Å². The fourth-order valence-corrected chi connectivity index (χ4v) is 3.58. The van der Waals surface area contributed by atoms with Gasteiger partial charge >= 0.3 is 0 Å². The van der Waals surface area contributed by atoms with E-state index in [1.807, 2.05) is 0 Å². The summed E-state index contributed by atoms with van der Waals surface area (Å²) in [5, 5.41) is 3.65. The highest BCUT2D eigenvalue weighted by molar-refractivity contribution is 5.03. The molecule has 3 rings (SSSR count). The van der Waals surface area contributed by atoms with E-state index in [1.165, 1.54) is 19.3 Å². The largest absolute Gasteiger partial charge is 0.0940 e. The highest BCUT2D eigenvalue weighted by atomic mass is 15.1. The number of rotatable bonds is 3. The molecule has 2 bridgehead atoms. The summed E-state index contributed by atoms with van der Waals surface area (Å²) in [7, 11) is 0. The van der Waals surface area contributed by atoms with Crippen molar-refractivity contribution < 1.29 is 0 Å². The lowest BCUT2D eigenvalue weighted by Crippen LogP contribution is -2.52. The van der Waals surface area contributed by atoms with Crippen molar-refractivity contribution in [2.24, 2.45) is 28.3 Å². The Morgan fingerprint density at radius 2 is 2.21 bits per heavy atom. The summed E-state index contributed by atoms with van der Waals surface area (Å²) in [6.45, 7) is 5.51. The molecule has 0 amide bonds. The van der Waals surface area contributed by atoms with Gasteiger partial charge in [-0.3, -0.25) is 0 Å². The van der Waals surface area contributed by atoms with E-state index in [9.17, 15) is 0 Å². The molecule has 3 aliphatic carbocycles. The average molecular weight is 193 g/mol. The average Bonchev–Trinajstić information content (AvgIpc) is 2.18. The van der Waals surface area contributed by atoms with Crippen LogP contribution in [0.3, 0.4) is 0 Å². The molecule has 0 heterocycles. The Kier molecular flexibility index (Phi) is 2.44. The van der Waals surface area contributed by atoms with E-state index in [1.54, 1.807) is 0 Å². The molecule has 0 aromatic rings. The minimum Gasteiger partial charge on any atom is -0.0940 e. The number of fused-ring (bicyclic) bond motifs is 2. The first kappa shape index (κ1) is 9.85. The van der Waals surface area contributed by atoms with Crippen LogP contribution in [0.2, 0.25) is 0 Å². The van der Waals surface area contributed by atoms with Gasteiger partial charge in [-0.2, -0.15) is 0 Å². The van der Waals surface area contributed by atoms with Gasteiger partial charge in [-0.1, -0.05) is 19.0 Å². The van der Waals surface area contributed by atoms with Crippen molar-refractivity contribution in [3.8, 4) is 0 Å². The molecule has 14 heavy (non-hydrogen) atoms. The van der Waals surface area contributed by atoms with Gasteiger partial charge in [0.1, 0.15) is 0 Å². The van der Waals surface area contributed by atoms with E-state index in [-0.39, 0.29) is 0 Å². The van der Waals surface area contributed by atoms with Crippen molar-refractivity contribution >= 4 is 0 Å². The molecule has 0 spiro atoms. The Hall–Kier alpha value is -0.690. The quantitative estimate of drug-likeness (QED) is 0.372. The first-order valence-corrected chi connectivity index (χ1v) is 5.67. The van der Waals surface area contributed by atoms with E-state index < -0.39 is 0 Å². The summed E-state index contributed by atoms with van der Waals surface area (Å²) in [5.41, 5.74) is 8.80. The van der Waals surface area contributed by atoms with Crippen molar-refractivity contribution in [1.29, 1.82) is 0 Å². The van der Waals surface area contributed by atoms with Crippen molar-refractivity contribution in [2.75, 3.05) is 6.54 Å². The van der Waals surface area contributed by atoms with Gasteiger partial charge in [0.05, 0.1) is 0 Å². The Morgan fingerprint density at radius 1 is 1.43 bits per heavy atom. The summed E-state index contributed by atoms with van der Waals surface area (Å²) in [5.74, 6) is 2.69. The van der Waals surface area contributed by atoms with Crippen LogP contribution in [-0.2, 0) is 0 Å².